The number of hydrogen-bond acceptors (Lipinski definition) is 6. The van der Waals surface area contributed by atoms with E-state index in [1.807, 2.05) is 66.2 Å². The summed E-state index contributed by atoms with van der Waals surface area (Å²) in [5.74, 6) is -1.16. The van der Waals surface area contributed by atoms with E-state index in [9.17, 15) is 14.7 Å². The Labute approximate surface area is 212 Å². The van der Waals surface area contributed by atoms with E-state index in [2.05, 4.69) is 10.3 Å². The summed E-state index contributed by atoms with van der Waals surface area (Å²) < 4.78 is 14.1. The van der Waals surface area contributed by atoms with E-state index in [-0.39, 0.29) is 5.56 Å². The van der Waals surface area contributed by atoms with E-state index < -0.39 is 17.7 Å². The van der Waals surface area contributed by atoms with Crippen LogP contribution in [0.4, 0.5) is 0 Å². The molecule has 0 spiro atoms. The van der Waals surface area contributed by atoms with Gasteiger partial charge in [0, 0.05) is 30.7 Å². The fourth-order valence-corrected chi connectivity index (χ4v) is 4.65. The summed E-state index contributed by atoms with van der Waals surface area (Å²) in [6.07, 6.45) is 0.503. The summed E-state index contributed by atoms with van der Waals surface area (Å²) in [6, 6.07) is 15.3. The molecule has 37 heavy (non-hydrogen) atoms. The lowest BCUT2D eigenvalue weighted by Gasteiger charge is -2.28. The lowest BCUT2D eigenvalue weighted by Crippen LogP contribution is -2.33. The first kappa shape index (κ1) is 24.5. The number of benzene rings is 2. The van der Waals surface area contributed by atoms with Crippen molar-refractivity contribution in [1.29, 1.82) is 0 Å². The van der Waals surface area contributed by atoms with E-state index >= 15 is 0 Å². The van der Waals surface area contributed by atoms with Crippen molar-refractivity contribution in [3.8, 4) is 11.1 Å². The molecule has 1 atom stereocenters. The molecule has 0 aliphatic carbocycles. The van der Waals surface area contributed by atoms with Crippen LogP contribution in [-0.2, 0) is 23.1 Å². The number of aromatic nitrogens is 4. The standard InChI is InChI=1S/C28H28N4O5/c1-16-6-9-18(10-7-16)22-19-12-13-32(15-17-8-11-20-21(14-17)30-37-29-20)23(19)26(33)31(5)24(22)25(27(34)35)36-28(2,3)4/h6-14,25H,15H2,1-5H3,(H,34,35). The van der Waals surface area contributed by atoms with Gasteiger partial charge in [-0.3, -0.25) is 4.79 Å². The molecular formula is C28H28N4O5. The Morgan fingerprint density at radius 3 is 2.46 bits per heavy atom. The molecule has 0 saturated carbocycles. The molecule has 5 rings (SSSR count). The van der Waals surface area contributed by atoms with Gasteiger partial charge in [-0.05, 0) is 67.3 Å². The Balaban J connectivity index is 1.76. The molecule has 3 aromatic heterocycles. The van der Waals surface area contributed by atoms with Crippen LogP contribution in [-0.4, -0.2) is 36.1 Å². The highest BCUT2D eigenvalue weighted by Gasteiger charge is 2.33. The van der Waals surface area contributed by atoms with Crippen LogP contribution in [0.2, 0.25) is 0 Å². The maximum atomic E-state index is 13.8. The van der Waals surface area contributed by atoms with Crippen molar-refractivity contribution in [2.45, 2.75) is 45.9 Å². The number of carbonyl (C=O) groups is 1. The molecule has 9 nitrogen and oxygen atoms in total. The second-order valence-electron chi connectivity index (χ2n) is 10.2. The van der Waals surface area contributed by atoms with Crippen molar-refractivity contribution in [1.82, 2.24) is 19.4 Å². The summed E-state index contributed by atoms with van der Waals surface area (Å²) >= 11 is 0. The number of pyridine rings is 1. The minimum Gasteiger partial charge on any atom is -0.479 e. The van der Waals surface area contributed by atoms with Crippen molar-refractivity contribution in [2.75, 3.05) is 0 Å². The highest BCUT2D eigenvalue weighted by molar-refractivity contribution is 5.98. The highest BCUT2D eigenvalue weighted by atomic mass is 16.6. The molecule has 0 saturated heterocycles. The van der Waals surface area contributed by atoms with Crippen LogP contribution >= 0.6 is 0 Å². The van der Waals surface area contributed by atoms with E-state index in [1.54, 1.807) is 27.8 Å². The molecular weight excluding hydrogens is 472 g/mol. The number of aryl methyl sites for hydroxylation is 1. The minimum absolute atomic E-state index is 0.302. The fraction of sp³-hybridized carbons (Fsp3) is 0.286. The maximum absolute atomic E-state index is 13.8. The van der Waals surface area contributed by atoms with Crippen molar-refractivity contribution in [3.63, 3.8) is 0 Å². The summed E-state index contributed by atoms with van der Waals surface area (Å²) in [6.45, 7) is 7.78. The summed E-state index contributed by atoms with van der Waals surface area (Å²) in [5, 5.41) is 18.6. The van der Waals surface area contributed by atoms with Crippen molar-refractivity contribution in [2.24, 2.45) is 7.05 Å². The minimum atomic E-state index is -1.34. The van der Waals surface area contributed by atoms with E-state index in [1.165, 1.54) is 4.57 Å². The molecule has 9 heteroatoms. The second-order valence-corrected chi connectivity index (χ2v) is 10.2. The molecule has 0 radical (unpaired) electrons. The zero-order valence-corrected chi connectivity index (χ0v) is 21.3. The number of ether oxygens (including phenoxy) is 1. The zero-order valence-electron chi connectivity index (χ0n) is 21.3. The predicted molar refractivity (Wildman–Crippen MR) is 139 cm³/mol. The SMILES string of the molecule is Cc1ccc(-c2c(C(OC(C)(C)C)C(=O)O)n(C)c(=O)c3c2ccn3Cc2ccc3nonc3c2)cc1. The first-order valence-corrected chi connectivity index (χ1v) is 11.9. The summed E-state index contributed by atoms with van der Waals surface area (Å²) in [5.41, 5.74) is 4.46. The smallest absolute Gasteiger partial charge is 0.339 e. The Hall–Kier alpha value is -4.24. The van der Waals surface area contributed by atoms with Gasteiger partial charge in [-0.1, -0.05) is 35.9 Å². The second kappa shape index (κ2) is 9.01. The van der Waals surface area contributed by atoms with E-state index in [4.69, 9.17) is 9.37 Å². The third-order valence-electron chi connectivity index (χ3n) is 6.31. The summed E-state index contributed by atoms with van der Waals surface area (Å²) in [4.78, 5) is 26.3. The first-order chi connectivity index (χ1) is 17.5. The van der Waals surface area contributed by atoms with Crippen molar-refractivity contribution < 1.29 is 19.3 Å². The van der Waals surface area contributed by atoms with Gasteiger partial charge in [0.1, 0.15) is 16.6 Å². The topological polar surface area (TPSA) is 112 Å². The van der Waals surface area contributed by atoms with E-state index in [0.29, 0.717) is 39.7 Å². The number of nitrogens with zero attached hydrogens (tertiary/aromatic N) is 4. The van der Waals surface area contributed by atoms with Gasteiger partial charge in [0.15, 0.2) is 6.10 Å². The molecule has 0 bridgehead atoms. The molecule has 0 aliphatic rings. The monoisotopic (exact) mass is 500 g/mol. The number of aliphatic carboxylic acids is 1. The molecule has 190 valence electrons. The quantitative estimate of drug-likeness (QED) is 0.355. The Bertz CT molecular complexity index is 1690. The number of carboxylic acid groups (broad SMARTS) is 1. The third kappa shape index (κ3) is 4.53. The van der Waals surface area contributed by atoms with Gasteiger partial charge in [-0.15, -0.1) is 0 Å². The third-order valence-corrected chi connectivity index (χ3v) is 6.31. The van der Waals surface area contributed by atoms with Gasteiger partial charge in [0.25, 0.3) is 5.56 Å². The molecule has 5 aromatic rings. The molecule has 2 aromatic carbocycles. The normalized spacial score (nSPS) is 12.9. The average molecular weight is 501 g/mol. The van der Waals surface area contributed by atoms with Gasteiger partial charge in [-0.25, -0.2) is 9.42 Å². The van der Waals surface area contributed by atoms with Crippen LogP contribution in [0.1, 0.15) is 43.7 Å². The molecule has 1 unspecified atom stereocenters. The van der Waals surface area contributed by atoms with Crippen LogP contribution in [0.25, 0.3) is 33.1 Å². The lowest BCUT2D eigenvalue weighted by molar-refractivity contribution is -0.161. The average Bonchev–Trinajstić information content (AvgIpc) is 3.47. The number of fused-ring (bicyclic) bond motifs is 2. The molecule has 1 N–H and O–H groups in total. The van der Waals surface area contributed by atoms with E-state index in [0.717, 1.165) is 16.7 Å². The highest BCUT2D eigenvalue weighted by Crippen LogP contribution is 2.37. The van der Waals surface area contributed by atoms with Crippen molar-refractivity contribution in [3.05, 3.63) is 81.9 Å². The fourth-order valence-electron chi connectivity index (χ4n) is 4.65. The zero-order chi connectivity index (χ0) is 26.5. The van der Waals surface area contributed by atoms with Crippen LogP contribution in [0.5, 0.6) is 0 Å². The number of rotatable bonds is 6. The van der Waals surface area contributed by atoms with Crippen LogP contribution < -0.4 is 5.56 Å². The largest absolute Gasteiger partial charge is 0.479 e. The molecule has 3 heterocycles. The Kier molecular flexibility index (Phi) is 5.95. The van der Waals surface area contributed by atoms with Crippen LogP contribution in [0.3, 0.4) is 0 Å². The maximum Gasteiger partial charge on any atom is 0.339 e. The van der Waals surface area contributed by atoms with Crippen LogP contribution in [0, 0.1) is 6.92 Å². The van der Waals surface area contributed by atoms with Crippen molar-refractivity contribution >= 4 is 27.9 Å². The number of hydrogen-bond donors (Lipinski definition) is 1. The Morgan fingerprint density at radius 2 is 1.78 bits per heavy atom. The van der Waals surface area contributed by atoms with Gasteiger partial charge in [-0.2, -0.15) is 0 Å². The molecule has 0 amide bonds. The van der Waals surface area contributed by atoms with Gasteiger partial charge < -0.3 is 19.0 Å². The van der Waals surface area contributed by atoms with Crippen LogP contribution in [0.15, 0.2) is 64.2 Å². The Morgan fingerprint density at radius 1 is 1.08 bits per heavy atom. The van der Waals surface area contributed by atoms with Gasteiger partial charge in [0.05, 0.1) is 11.3 Å². The molecule has 0 aliphatic heterocycles. The van der Waals surface area contributed by atoms with Gasteiger partial charge >= 0.3 is 5.97 Å². The number of carboxylic acids is 1. The summed E-state index contributed by atoms with van der Waals surface area (Å²) in [7, 11) is 1.60. The predicted octanol–water partition coefficient (Wildman–Crippen LogP) is 4.84. The lowest BCUT2D eigenvalue weighted by atomic mass is 9.95. The van der Waals surface area contributed by atoms with Gasteiger partial charge in [0.2, 0.25) is 0 Å². The first-order valence-electron chi connectivity index (χ1n) is 11.9. The molecule has 0 fully saturated rings.